The summed E-state index contributed by atoms with van der Waals surface area (Å²) in [6, 6.07) is 12.6. The Morgan fingerprint density at radius 3 is 2.85 bits per heavy atom. The number of nitrogens with one attached hydrogen (secondary N) is 2. The van der Waals surface area contributed by atoms with Gasteiger partial charge in [-0.05, 0) is 43.1 Å². The highest BCUT2D eigenvalue weighted by atomic mass is 32.2. The summed E-state index contributed by atoms with van der Waals surface area (Å²) in [5.74, 6) is 3.68. The van der Waals surface area contributed by atoms with Gasteiger partial charge in [0.1, 0.15) is 0 Å². The highest BCUT2D eigenvalue weighted by molar-refractivity contribution is 7.98. The molecule has 2 aromatic heterocycles. The van der Waals surface area contributed by atoms with Crippen LogP contribution < -0.4 is 5.32 Å². The number of hydrogen-bond acceptors (Lipinski definition) is 6. The number of aromatic nitrogens is 3. The van der Waals surface area contributed by atoms with Gasteiger partial charge in [-0.2, -0.15) is 21.8 Å². The van der Waals surface area contributed by atoms with Crippen molar-refractivity contribution in [1.82, 2.24) is 20.1 Å². The van der Waals surface area contributed by atoms with E-state index >= 15 is 0 Å². The summed E-state index contributed by atoms with van der Waals surface area (Å²) in [5, 5.41) is 12.9. The third-order valence-electron chi connectivity index (χ3n) is 4.06. The van der Waals surface area contributed by atoms with Gasteiger partial charge in [0.2, 0.25) is 5.95 Å². The Kier molecular flexibility index (Phi) is 7.74. The van der Waals surface area contributed by atoms with Crippen molar-refractivity contribution in [3.05, 3.63) is 63.6 Å². The zero-order valence-electron chi connectivity index (χ0n) is 15.9. The standard InChI is InChI=1S/C20H27N5S2/c1-25(2)10-8-18-12-17(15-27-18)14-26-11-9-21-20-22-19(23-24-20)13-16-6-4-3-5-7-16/h3-7,12,15H,8-11,13-14H2,1-2H3,(H2,21,22,23,24). The lowest BCUT2D eigenvalue weighted by molar-refractivity contribution is 0.415. The van der Waals surface area contributed by atoms with Crippen molar-refractivity contribution in [2.45, 2.75) is 18.6 Å². The van der Waals surface area contributed by atoms with Crippen molar-refractivity contribution in [3.8, 4) is 0 Å². The third kappa shape index (κ3) is 7.01. The molecule has 0 saturated carbocycles. The zero-order chi connectivity index (χ0) is 18.9. The second-order valence-corrected chi connectivity index (χ2v) is 8.82. The van der Waals surface area contributed by atoms with Crippen LogP contribution >= 0.6 is 23.1 Å². The molecule has 1 aromatic carbocycles. The Morgan fingerprint density at radius 1 is 1.19 bits per heavy atom. The van der Waals surface area contributed by atoms with E-state index in [1.807, 2.05) is 41.3 Å². The molecular formula is C20H27N5S2. The molecule has 0 amide bonds. The van der Waals surface area contributed by atoms with Crippen LogP contribution in [0.4, 0.5) is 5.95 Å². The molecule has 2 N–H and O–H groups in total. The predicted octanol–water partition coefficient (Wildman–Crippen LogP) is 3.91. The first-order chi connectivity index (χ1) is 13.2. The van der Waals surface area contributed by atoms with Gasteiger partial charge in [-0.15, -0.1) is 11.3 Å². The Labute approximate surface area is 169 Å². The molecular weight excluding hydrogens is 374 g/mol. The number of hydrogen-bond donors (Lipinski definition) is 2. The summed E-state index contributed by atoms with van der Waals surface area (Å²) in [6.07, 6.45) is 1.89. The predicted molar refractivity (Wildman–Crippen MR) is 117 cm³/mol. The fourth-order valence-electron chi connectivity index (χ4n) is 2.63. The summed E-state index contributed by atoms with van der Waals surface area (Å²) in [4.78, 5) is 8.22. The quantitative estimate of drug-likeness (QED) is 0.477. The van der Waals surface area contributed by atoms with Crippen molar-refractivity contribution in [2.24, 2.45) is 0 Å². The monoisotopic (exact) mass is 401 g/mol. The fourth-order valence-corrected chi connectivity index (χ4v) is 4.41. The molecule has 0 atom stereocenters. The number of anilines is 1. The van der Waals surface area contributed by atoms with Crippen molar-refractivity contribution in [3.63, 3.8) is 0 Å². The fraction of sp³-hybridized carbons (Fsp3) is 0.400. The van der Waals surface area contributed by atoms with Gasteiger partial charge in [0.05, 0.1) is 0 Å². The van der Waals surface area contributed by atoms with E-state index < -0.39 is 0 Å². The van der Waals surface area contributed by atoms with E-state index in [9.17, 15) is 0 Å². The van der Waals surface area contributed by atoms with E-state index in [2.05, 4.69) is 63.1 Å². The van der Waals surface area contributed by atoms with Crippen molar-refractivity contribution in [2.75, 3.05) is 38.3 Å². The van der Waals surface area contributed by atoms with E-state index in [0.717, 1.165) is 49.2 Å². The molecule has 3 rings (SSSR count). The van der Waals surface area contributed by atoms with E-state index in [1.54, 1.807) is 0 Å². The molecule has 0 spiro atoms. The average molecular weight is 402 g/mol. The van der Waals surface area contributed by atoms with Gasteiger partial charge in [-0.25, -0.2) is 5.10 Å². The summed E-state index contributed by atoms with van der Waals surface area (Å²) < 4.78 is 0. The molecule has 0 aliphatic rings. The smallest absolute Gasteiger partial charge is 0.218 e. The van der Waals surface area contributed by atoms with Crippen molar-refractivity contribution < 1.29 is 0 Å². The van der Waals surface area contributed by atoms with E-state index in [4.69, 9.17) is 0 Å². The molecule has 0 fully saturated rings. The largest absolute Gasteiger partial charge is 0.354 e. The molecule has 0 bridgehead atoms. The molecule has 0 radical (unpaired) electrons. The normalized spacial score (nSPS) is 11.2. The number of nitrogens with zero attached hydrogens (tertiary/aromatic N) is 3. The van der Waals surface area contributed by atoms with Crippen molar-refractivity contribution >= 4 is 29.0 Å². The lowest BCUT2D eigenvalue weighted by Gasteiger charge is -2.06. The maximum Gasteiger partial charge on any atom is 0.218 e. The first-order valence-corrected chi connectivity index (χ1v) is 11.2. The molecule has 0 saturated heterocycles. The van der Waals surface area contributed by atoms with Crippen LogP contribution in [0.15, 0.2) is 41.8 Å². The average Bonchev–Trinajstić information content (AvgIpc) is 3.30. The Morgan fingerprint density at radius 2 is 2.04 bits per heavy atom. The van der Waals surface area contributed by atoms with Gasteiger partial charge in [-0.1, -0.05) is 30.3 Å². The number of aromatic amines is 1. The minimum Gasteiger partial charge on any atom is -0.354 e. The SMILES string of the molecule is CN(C)CCc1cc(CSCCNc2nc(Cc3ccccc3)n[nH]2)cs1. The molecule has 144 valence electrons. The zero-order valence-corrected chi connectivity index (χ0v) is 17.6. The van der Waals surface area contributed by atoms with Gasteiger partial charge >= 0.3 is 0 Å². The molecule has 7 heteroatoms. The summed E-state index contributed by atoms with van der Waals surface area (Å²) in [7, 11) is 4.24. The summed E-state index contributed by atoms with van der Waals surface area (Å²) in [5.41, 5.74) is 2.66. The van der Waals surface area contributed by atoms with E-state index in [-0.39, 0.29) is 0 Å². The molecule has 0 aliphatic carbocycles. The Bertz CT molecular complexity index is 798. The molecule has 3 aromatic rings. The number of thioether (sulfide) groups is 1. The molecule has 0 unspecified atom stereocenters. The van der Waals surface area contributed by atoms with Crippen LogP contribution in [0.2, 0.25) is 0 Å². The second kappa shape index (κ2) is 10.5. The van der Waals surface area contributed by atoms with Crippen LogP contribution in [-0.4, -0.2) is 53.0 Å². The van der Waals surface area contributed by atoms with Crippen LogP contribution in [0.25, 0.3) is 0 Å². The van der Waals surface area contributed by atoms with Crippen LogP contribution in [0.5, 0.6) is 0 Å². The van der Waals surface area contributed by atoms with E-state index in [0.29, 0.717) is 0 Å². The second-order valence-electron chi connectivity index (χ2n) is 6.72. The van der Waals surface area contributed by atoms with Crippen LogP contribution in [0, 0.1) is 0 Å². The Hall–Kier alpha value is -1.83. The number of thiophene rings is 1. The van der Waals surface area contributed by atoms with Crippen LogP contribution in [0.1, 0.15) is 21.8 Å². The first kappa shape index (κ1) is 19.9. The summed E-state index contributed by atoms with van der Waals surface area (Å²) >= 11 is 3.82. The molecule has 27 heavy (non-hydrogen) atoms. The minimum absolute atomic E-state index is 0.752. The highest BCUT2D eigenvalue weighted by Gasteiger charge is 2.04. The van der Waals surface area contributed by atoms with Gasteiger partial charge < -0.3 is 10.2 Å². The van der Waals surface area contributed by atoms with Gasteiger partial charge in [0.15, 0.2) is 5.82 Å². The Balaban J connectivity index is 1.32. The van der Waals surface area contributed by atoms with E-state index in [1.165, 1.54) is 16.0 Å². The number of H-pyrrole nitrogens is 1. The molecule has 5 nitrogen and oxygen atoms in total. The molecule has 2 heterocycles. The summed E-state index contributed by atoms with van der Waals surface area (Å²) in [6.45, 7) is 1.99. The van der Waals surface area contributed by atoms with Gasteiger partial charge in [0.25, 0.3) is 0 Å². The lowest BCUT2D eigenvalue weighted by Crippen LogP contribution is -2.14. The third-order valence-corrected chi connectivity index (χ3v) is 6.13. The first-order valence-electron chi connectivity index (χ1n) is 9.17. The van der Waals surface area contributed by atoms with Gasteiger partial charge in [0, 0.05) is 35.9 Å². The maximum atomic E-state index is 4.51. The van der Waals surface area contributed by atoms with Crippen molar-refractivity contribution in [1.29, 1.82) is 0 Å². The minimum atomic E-state index is 0.752. The van der Waals surface area contributed by atoms with Crippen LogP contribution in [0.3, 0.4) is 0 Å². The lowest BCUT2D eigenvalue weighted by atomic mass is 10.1. The maximum absolute atomic E-state index is 4.51. The van der Waals surface area contributed by atoms with Gasteiger partial charge in [-0.3, -0.25) is 0 Å². The topological polar surface area (TPSA) is 56.8 Å². The molecule has 0 aliphatic heterocycles. The highest BCUT2D eigenvalue weighted by Crippen LogP contribution is 2.20. The number of rotatable bonds is 11. The van der Waals surface area contributed by atoms with Crippen LogP contribution in [-0.2, 0) is 18.6 Å². The number of likely N-dealkylation sites (N-methyl/N-ethyl adjacent to an activating group) is 1. The number of benzene rings is 1.